The van der Waals surface area contributed by atoms with E-state index in [9.17, 15) is 14.4 Å². The van der Waals surface area contributed by atoms with Crippen molar-refractivity contribution in [2.45, 2.75) is 252 Å². The largest absolute Gasteiger partial charge is 0.462 e. The minimum Gasteiger partial charge on any atom is -0.462 e. The fourth-order valence-electron chi connectivity index (χ4n) is 7.05. The van der Waals surface area contributed by atoms with Gasteiger partial charge in [-0.25, -0.2) is 0 Å². The van der Waals surface area contributed by atoms with E-state index >= 15 is 0 Å². The number of carbonyl (C=O) groups excluding carboxylic acids is 3. The highest BCUT2D eigenvalue weighted by Crippen LogP contribution is 2.14. The van der Waals surface area contributed by atoms with Crippen LogP contribution in [0.5, 0.6) is 0 Å². The maximum Gasteiger partial charge on any atom is 0.306 e. The van der Waals surface area contributed by atoms with Gasteiger partial charge in [-0.2, -0.15) is 0 Å². The molecular formula is C56H96O6. The van der Waals surface area contributed by atoms with Gasteiger partial charge in [0.05, 0.1) is 0 Å². The molecule has 356 valence electrons. The lowest BCUT2D eigenvalue weighted by Gasteiger charge is -2.18. The molecule has 0 aromatic carbocycles. The molecule has 0 spiro atoms. The molecule has 62 heavy (non-hydrogen) atoms. The van der Waals surface area contributed by atoms with Crippen LogP contribution in [0.3, 0.4) is 0 Å². The van der Waals surface area contributed by atoms with Gasteiger partial charge in [0.2, 0.25) is 0 Å². The van der Waals surface area contributed by atoms with Crippen molar-refractivity contribution in [2.75, 3.05) is 13.2 Å². The van der Waals surface area contributed by atoms with Gasteiger partial charge in [-0.3, -0.25) is 14.4 Å². The van der Waals surface area contributed by atoms with E-state index in [1.165, 1.54) is 83.5 Å². The summed E-state index contributed by atoms with van der Waals surface area (Å²) in [5.74, 6) is -0.925. The molecule has 0 N–H and O–H groups in total. The molecular weight excluding hydrogens is 769 g/mol. The lowest BCUT2D eigenvalue weighted by molar-refractivity contribution is -0.167. The molecule has 0 unspecified atom stereocenters. The molecule has 0 saturated carbocycles. The number of carbonyl (C=O) groups is 3. The number of hydrogen-bond acceptors (Lipinski definition) is 6. The van der Waals surface area contributed by atoms with Crippen LogP contribution in [0.2, 0.25) is 0 Å². The van der Waals surface area contributed by atoms with Crippen LogP contribution in [0.25, 0.3) is 0 Å². The second-order valence-electron chi connectivity index (χ2n) is 17.1. The van der Waals surface area contributed by atoms with Crippen molar-refractivity contribution in [2.24, 2.45) is 0 Å². The Morgan fingerprint density at radius 3 is 1.02 bits per heavy atom. The molecule has 0 aliphatic heterocycles. The molecule has 1 atom stereocenters. The van der Waals surface area contributed by atoms with E-state index < -0.39 is 6.10 Å². The predicted molar refractivity (Wildman–Crippen MR) is 265 cm³/mol. The highest BCUT2D eigenvalue weighted by molar-refractivity contribution is 5.71. The second-order valence-corrected chi connectivity index (χ2v) is 17.1. The maximum atomic E-state index is 12.8. The zero-order valence-electron chi connectivity index (χ0n) is 40.6. The number of unbranched alkanes of at least 4 members (excludes halogenated alkanes) is 23. The lowest BCUT2D eigenvalue weighted by Crippen LogP contribution is -2.30. The molecule has 0 bridgehead atoms. The van der Waals surface area contributed by atoms with Gasteiger partial charge in [0.15, 0.2) is 6.10 Å². The first-order valence-electron chi connectivity index (χ1n) is 25.9. The molecule has 0 saturated heterocycles. The summed E-state index contributed by atoms with van der Waals surface area (Å²) in [7, 11) is 0. The van der Waals surface area contributed by atoms with Crippen LogP contribution in [0.15, 0.2) is 72.9 Å². The number of ether oxygens (including phenoxy) is 3. The summed E-state index contributed by atoms with van der Waals surface area (Å²) < 4.78 is 16.8. The third-order valence-corrected chi connectivity index (χ3v) is 10.9. The third-order valence-electron chi connectivity index (χ3n) is 10.9. The lowest BCUT2D eigenvalue weighted by atomic mass is 10.0. The number of hydrogen-bond donors (Lipinski definition) is 0. The maximum absolute atomic E-state index is 12.8. The summed E-state index contributed by atoms with van der Waals surface area (Å²) in [4.78, 5) is 38.0. The molecule has 0 aromatic rings. The van der Waals surface area contributed by atoms with Crippen LogP contribution in [0.4, 0.5) is 0 Å². The average molecular weight is 865 g/mol. The Balaban J connectivity index is 4.43. The van der Waals surface area contributed by atoms with Crippen molar-refractivity contribution in [3.8, 4) is 0 Å². The van der Waals surface area contributed by atoms with Gasteiger partial charge in [-0.1, -0.05) is 209 Å². The van der Waals surface area contributed by atoms with Crippen LogP contribution < -0.4 is 0 Å². The van der Waals surface area contributed by atoms with E-state index in [2.05, 4.69) is 93.7 Å². The van der Waals surface area contributed by atoms with Gasteiger partial charge >= 0.3 is 17.9 Å². The molecule has 0 rings (SSSR count). The van der Waals surface area contributed by atoms with Gasteiger partial charge in [0.1, 0.15) is 13.2 Å². The second kappa shape index (κ2) is 50.5. The van der Waals surface area contributed by atoms with Gasteiger partial charge in [-0.15, -0.1) is 0 Å². The molecule has 6 nitrogen and oxygen atoms in total. The first-order valence-corrected chi connectivity index (χ1v) is 25.9. The Morgan fingerprint density at radius 1 is 0.339 bits per heavy atom. The Morgan fingerprint density at radius 2 is 0.629 bits per heavy atom. The molecule has 0 aromatic heterocycles. The van der Waals surface area contributed by atoms with Crippen LogP contribution in [-0.4, -0.2) is 37.2 Å². The smallest absolute Gasteiger partial charge is 0.306 e. The average Bonchev–Trinajstić information content (AvgIpc) is 3.27. The molecule has 0 radical (unpaired) electrons. The first kappa shape index (κ1) is 58.9. The quantitative estimate of drug-likeness (QED) is 0.0262. The van der Waals surface area contributed by atoms with E-state index in [0.29, 0.717) is 19.3 Å². The minimum absolute atomic E-state index is 0.0905. The predicted octanol–water partition coefficient (Wildman–Crippen LogP) is 17.0. The van der Waals surface area contributed by atoms with Crippen molar-refractivity contribution in [1.29, 1.82) is 0 Å². The van der Waals surface area contributed by atoms with Crippen LogP contribution >= 0.6 is 0 Å². The molecule has 0 heterocycles. The molecule has 0 amide bonds. The summed E-state index contributed by atoms with van der Waals surface area (Å²) >= 11 is 0. The van der Waals surface area contributed by atoms with Gasteiger partial charge in [0.25, 0.3) is 0 Å². The zero-order valence-corrected chi connectivity index (χ0v) is 40.6. The Bertz CT molecular complexity index is 1180. The van der Waals surface area contributed by atoms with E-state index in [4.69, 9.17) is 14.2 Å². The van der Waals surface area contributed by atoms with Crippen LogP contribution in [-0.2, 0) is 28.6 Å². The van der Waals surface area contributed by atoms with Crippen molar-refractivity contribution >= 4 is 17.9 Å². The summed E-state index contributed by atoms with van der Waals surface area (Å²) in [6.07, 6.45) is 63.1. The standard InChI is InChI=1S/C56H96O6/c1-4-7-10-13-16-19-22-25-27-28-30-32-35-37-40-43-46-49-55(58)61-52-53(62-56(59)50-47-44-41-38-33-24-21-18-15-12-9-6-3)51-60-54(57)48-45-42-39-36-34-31-29-26-23-20-17-14-11-8-5-2/h8,11,16-17,19-20,25-27,29-30,32,53H,4-7,9-10,12-15,18,21-24,28,31,33-52H2,1-3H3/b11-8-,19-16-,20-17-,27-25-,29-26-,32-30-/t53-/m1/s1. The van der Waals surface area contributed by atoms with Gasteiger partial charge in [-0.05, 0) is 89.9 Å². The summed E-state index contributed by atoms with van der Waals surface area (Å²) in [6, 6.07) is 0. The fourth-order valence-corrected chi connectivity index (χ4v) is 7.05. The topological polar surface area (TPSA) is 78.9 Å². The van der Waals surface area contributed by atoms with Crippen molar-refractivity contribution in [3.05, 3.63) is 72.9 Å². The van der Waals surface area contributed by atoms with Crippen LogP contribution in [0, 0.1) is 0 Å². The number of rotatable bonds is 46. The van der Waals surface area contributed by atoms with Crippen molar-refractivity contribution < 1.29 is 28.6 Å². The zero-order chi connectivity index (χ0) is 45.1. The van der Waals surface area contributed by atoms with E-state index in [1.54, 1.807) is 0 Å². The fraction of sp³-hybridized carbons (Fsp3) is 0.732. The van der Waals surface area contributed by atoms with Crippen LogP contribution in [0.1, 0.15) is 245 Å². The van der Waals surface area contributed by atoms with E-state index in [-0.39, 0.29) is 31.1 Å². The van der Waals surface area contributed by atoms with Gasteiger partial charge in [0, 0.05) is 19.3 Å². The van der Waals surface area contributed by atoms with E-state index in [1.807, 2.05) is 0 Å². The highest BCUT2D eigenvalue weighted by Gasteiger charge is 2.19. The first-order chi connectivity index (χ1) is 30.5. The third kappa shape index (κ3) is 47.9. The summed E-state index contributed by atoms with van der Waals surface area (Å²) in [6.45, 7) is 6.46. The summed E-state index contributed by atoms with van der Waals surface area (Å²) in [5.41, 5.74) is 0. The monoisotopic (exact) mass is 865 g/mol. The SMILES string of the molecule is CC/C=C\C/C=C\C/C=C\CCCCCCCC(=O)OC[C@H](COC(=O)CCCCCC/C=C\C/C=C\C/C=C\CCCCC)OC(=O)CCCCCCCCCCCCCC. The molecule has 0 fully saturated rings. The van der Waals surface area contributed by atoms with E-state index in [0.717, 1.165) is 122 Å². The van der Waals surface area contributed by atoms with Crippen molar-refractivity contribution in [1.82, 2.24) is 0 Å². The Hall–Kier alpha value is -3.15. The Labute approximate surface area is 382 Å². The Kier molecular flexibility index (Phi) is 47.9. The minimum atomic E-state index is -0.789. The molecule has 0 aliphatic carbocycles. The highest BCUT2D eigenvalue weighted by atomic mass is 16.6. The summed E-state index contributed by atoms with van der Waals surface area (Å²) in [5, 5.41) is 0. The number of esters is 3. The normalized spacial score (nSPS) is 12.6. The molecule has 6 heteroatoms. The molecule has 0 aliphatic rings. The van der Waals surface area contributed by atoms with Crippen molar-refractivity contribution in [3.63, 3.8) is 0 Å². The van der Waals surface area contributed by atoms with Gasteiger partial charge < -0.3 is 14.2 Å². The number of allylic oxidation sites excluding steroid dienone is 12.